The van der Waals surface area contributed by atoms with Crippen LogP contribution in [0.5, 0.6) is 11.5 Å². The van der Waals surface area contributed by atoms with Gasteiger partial charge in [-0.1, -0.05) is 13.8 Å². The third-order valence-electron chi connectivity index (χ3n) is 4.05. The number of rotatable bonds is 8. The van der Waals surface area contributed by atoms with Crippen LogP contribution in [0, 0.1) is 6.92 Å². The van der Waals surface area contributed by atoms with Crippen molar-refractivity contribution in [1.29, 1.82) is 0 Å². The van der Waals surface area contributed by atoms with Crippen LogP contribution >= 0.6 is 0 Å². The zero-order valence-corrected chi connectivity index (χ0v) is 15.5. The van der Waals surface area contributed by atoms with Crippen molar-refractivity contribution in [3.8, 4) is 11.5 Å². The smallest absolute Gasteiger partial charge is 0.124 e. The van der Waals surface area contributed by atoms with Crippen molar-refractivity contribution in [2.24, 2.45) is 0 Å². The molecule has 0 N–H and O–H groups in total. The Labute approximate surface area is 144 Å². The van der Waals surface area contributed by atoms with Gasteiger partial charge in [-0.2, -0.15) is 0 Å². The average Bonchev–Trinajstić information content (AvgIpc) is 2.88. The highest BCUT2D eigenvalue weighted by molar-refractivity contribution is 5.40. The molecule has 1 heterocycles. The molecule has 24 heavy (non-hydrogen) atoms. The van der Waals surface area contributed by atoms with Crippen molar-refractivity contribution in [3.63, 3.8) is 0 Å². The normalized spacial score (nSPS) is 11.1. The van der Waals surface area contributed by atoms with Gasteiger partial charge in [0.1, 0.15) is 24.1 Å². The standard InChI is InChI=1S/C19H28N2O3/c1-7-24-12-21-14(4)20-19(13(2)3)18(21)10-15-8-16(22-5)11-17(9-15)23-6/h8-9,11,13H,7,10,12H2,1-6H3. The Kier molecular flexibility index (Phi) is 6.26. The lowest BCUT2D eigenvalue weighted by Crippen LogP contribution is -2.10. The Hall–Kier alpha value is -2.01. The van der Waals surface area contributed by atoms with E-state index in [0.717, 1.165) is 35.0 Å². The molecule has 0 saturated heterocycles. The molecule has 2 rings (SSSR count). The predicted octanol–water partition coefficient (Wildman–Crippen LogP) is 3.92. The van der Waals surface area contributed by atoms with Gasteiger partial charge in [-0.05, 0) is 37.5 Å². The molecule has 0 aliphatic rings. The van der Waals surface area contributed by atoms with Gasteiger partial charge in [0, 0.05) is 24.8 Å². The second kappa shape index (κ2) is 8.20. The van der Waals surface area contributed by atoms with Gasteiger partial charge in [-0.15, -0.1) is 0 Å². The van der Waals surface area contributed by atoms with Crippen molar-refractivity contribution in [3.05, 3.63) is 41.0 Å². The number of nitrogens with zero attached hydrogens (tertiary/aromatic N) is 2. The van der Waals surface area contributed by atoms with Crippen molar-refractivity contribution < 1.29 is 14.2 Å². The number of aromatic nitrogens is 2. The van der Waals surface area contributed by atoms with Gasteiger partial charge in [-0.3, -0.25) is 0 Å². The summed E-state index contributed by atoms with van der Waals surface area (Å²) in [7, 11) is 3.34. The minimum atomic E-state index is 0.356. The Morgan fingerprint density at radius 1 is 1.08 bits per heavy atom. The molecule has 2 aromatic rings. The summed E-state index contributed by atoms with van der Waals surface area (Å²) < 4.78 is 18.6. The van der Waals surface area contributed by atoms with Crippen molar-refractivity contribution in [2.45, 2.75) is 46.8 Å². The van der Waals surface area contributed by atoms with Crippen molar-refractivity contribution in [1.82, 2.24) is 9.55 Å². The van der Waals surface area contributed by atoms with E-state index in [9.17, 15) is 0 Å². The fourth-order valence-electron chi connectivity index (χ4n) is 2.80. The number of aryl methyl sites for hydroxylation is 1. The van der Waals surface area contributed by atoms with Crippen LogP contribution in [0.3, 0.4) is 0 Å². The largest absolute Gasteiger partial charge is 0.497 e. The number of benzene rings is 1. The number of methoxy groups -OCH3 is 2. The van der Waals surface area contributed by atoms with Crippen LogP contribution in [-0.2, 0) is 17.9 Å². The molecule has 1 aromatic heterocycles. The molecule has 0 fully saturated rings. The Balaban J connectivity index is 2.43. The molecule has 0 radical (unpaired) electrons. The summed E-state index contributed by atoms with van der Waals surface area (Å²) in [6.45, 7) is 9.58. The number of ether oxygens (including phenoxy) is 3. The third-order valence-corrected chi connectivity index (χ3v) is 4.05. The quantitative estimate of drug-likeness (QED) is 0.735. The highest BCUT2D eigenvalue weighted by Crippen LogP contribution is 2.27. The van der Waals surface area contributed by atoms with Gasteiger partial charge in [0.05, 0.1) is 19.9 Å². The highest BCUT2D eigenvalue weighted by atomic mass is 16.5. The van der Waals surface area contributed by atoms with E-state index in [-0.39, 0.29) is 0 Å². The first-order valence-electron chi connectivity index (χ1n) is 8.35. The van der Waals surface area contributed by atoms with Crippen LogP contribution in [0.1, 0.15) is 49.5 Å². The van der Waals surface area contributed by atoms with Gasteiger partial charge in [0.2, 0.25) is 0 Å². The van der Waals surface area contributed by atoms with Crippen LogP contribution in [0.4, 0.5) is 0 Å². The molecule has 0 aliphatic heterocycles. The monoisotopic (exact) mass is 332 g/mol. The summed E-state index contributed by atoms with van der Waals surface area (Å²) in [5.41, 5.74) is 3.44. The van der Waals surface area contributed by atoms with Gasteiger partial charge in [-0.25, -0.2) is 4.98 Å². The van der Waals surface area contributed by atoms with E-state index in [0.29, 0.717) is 19.3 Å². The maximum atomic E-state index is 5.64. The van der Waals surface area contributed by atoms with Crippen LogP contribution < -0.4 is 9.47 Å². The lowest BCUT2D eigenvalue weighted by Gasteiger charge is -2.14. The van der Waals surface area contributed by atoms with E-state index >= 15 is 0 Å². The summed E-state index contributed by atoms with van der Waals surface area (Å²) in [5.74, 6) is 2.93. The van der Waals surface area contributed by atoms with Crippen LogP contribution in [0.15, 0.2) is 18.2 Å². The molecule has 132 valence electrons. The lowest BCUT2D eigenvalue weighted by molar-refractivity contribution is 0.0846. The second-order valence-electron chi connectivity index (χ2n) is 6.09. The van der Waals surface area contributed by atoms with Gasteiger partial charge >= 0.3 is 0 Å². The first kappa shape index (κ1) is 18.3. The molecular weight excluding hydrogens is 304 g/mol. The minimum Gasteiger partial charge on any atom is -0.497 e. The average molecular weight is 332 g/mol. The molecule has 5 heteroatoms. The van der Waals surface area contributed by atoms with E-state index in [1.54, 1.807) is 14.2 Å². The van der Waals surface area contributed by atoms with Crippen LogP contribution in [0.25, 0.3) is 0 Å². The molecule has 0 amide bonds. The molecule has 5 nitrogen and oxygen atoms in total. The molecule has 0 saturated carbocycles. The molecule has 0 aliphatic carbocycles. The van der Waals surface area contributed by atoms with E-state index in [2.05, 4.69) is 18.4 Å². The lowest BCUT2D eigenvalue weighted by atomic mass is 10.0. The third kappa shape index (κ3) is 4.09. The minimum absolute atomic E-state index is 0.356. The Bertz CT molecular complexity index is 655. The summed E-state index contributed by atoms with van der Waals surface area (Å²) in [6.07, 6.45) is 0.759. The Morgan fingerprint density at radius 3 is 2.21 bits per heavy atom. The van der Waals surface area contributed by atoms with E-state index in [4.69, 9.17) is 19.2 Å². The van der Waals surface area contributed by atoms with Gasteiger partial charge in [0.25, 0.3) is 0 Å². The van der Waals surface area contributed by atoms with Crippen LogP contribution in [0.2, 0.25) is 0 Å². The number of imidazole rings is 1. The van der Waals surface area contributed by atoms with E-state index in [1.807, 2.05) is 32.0 Å². The first-order chi connectivity index (χ1) is 11.5. The molecular formula is C19H28N2O3. The number of hydrogen-bond acceptors (Lipinski definition) is 4. The van der Waals surface area contributed by atoms with Crippen molar-refractivity contribution in [2.75, 3.05) is 20.8 Å². The van der Waals surface area contributed by atoms with Crippen molar-refractivity contribution >= 4 is 0 Å². The summed E-state index contributed by atoms with van der Waals surface area (Å²) >= 11 is 0. The maximum Gasteiger partial charge on any atom is 0.124 e. The zero-order valence-electron chi connectivity index (χ0n) is 15.5. The van der Waals surface area contributed by atoms with Gasteiger partial charge < -0.3 is 18.8 Å². The highest BCUT2D eigenvalue weighted by Gasteiger charge is 2.18. The Morgan fingerprint density at radius 2 is 1.71 bits per heavy atom. The SMILES string of the molecule is CCOCn1c(C)nc(C(C)C)c1Cc1cc(OC)cc(OC)c1. The van der Waals surface area contributed by atoms with E-state index < -0.39 is 0 Å². The fraction of sp³-hybridized carbons (Fsp3) is 0.526. The predicted molar refractivity (Wildman–Crippen MR) is 95.0 cm³/mol. The summed E-state index contributed by atoms with van der Waals surface area (Å²) in [5, 5.41) is 0. The summed E-state index contributed by atoms with van der Waals surface area (Å²) in [6, 6.07) is 5.97. The second-order valence-corrected chi connectivity index (χ2v) is 6.09. The fourth-order valence-corrected chi connectivity index (χ4v) is 2.80. The summed E-state index contributed by atoms with van der Waals surface area (Å²) in [4.78, 5) is 4.76. The first-order valence-corrected chi connectivity index (χ1v) is 8.35. The molecule has 0 unspecified atom stereocenters. The molecule has 1 aromatic carbocycles. The maximum absolute atomic E-state index is 5.64. The zero-order chi connectivity index (χ0) is 17.7. The van der Waals surface area contributed by atoms with Gasteiger partial charge in [0.15, 0.2) is 0 Å². The molecule has 0 atom stereocenters. The van der Waals surface area contributed by atoms with E-state index in [1.165, 1.54) is 5.69 Å². The number of hydrogen-bond donors (Lipinski definition) is 0. The molecule has 0 bridgehead atoms. The molecule has 0 spiro atoms. The van der Waals surface area contributed by atoms with Crippen LogP contribution in [-0.4, -0.2) is 30.4 Å². The topological polar surface area (TPSA) is 45.5 Å².